The van der Waals surface area contributed by atoms with E-state index in [0.717, 1.165) is 24.1 Å². The first kappa shape index (κ1) is 48.1. The number of hydrogen-bond donors (Lipinski definition) is 0. The van der Waals surface area contributed by atoms with Gasteiger partial charge >= 0.3 is 88.7 Å². The molecule has 3 aromatic carbocycles. The minimum atomic E-state index is -4.57. The summed E-state index contributed by atoms with van der Waals surface area (Å²) in [5, 5.41) is 35.9. The Labute approximate surface area is 391 Å². The van der Waals surface area contributed by atoms with E-state index in [1.807, 2.05) is 0 Å². The number of halogens is 1. The largest absolute Gasteiger partial charge is 1.00 e. The fraction of sp³-hybridized carbons (Fsp3) is 0. The molecule has 0 spiro atoms. The standard InChI is InChI=1S/C26H18N4O9S3.ClH.Eu.3Na/c31-36-38-40-20-7-1-17(2-8-20)24-25(18-3-9-21(10-4-18)41-39-37-32)29-30-26(28-24)23-15-19(13-14-27-23)16-5-11-22(12-6-16)42(33,34)35;;;;;/h1-15,31-32H,(H,33,34,35);1H;;;;/q;;;3*+1/p-3. The topological polar surface area (TPSA) is 192 Å². The van der Waals surface area contributed by atoms with Crippen LogP contribution >= 0.6 is 36.5 Å². The number of benzene rings is 3. The molecular weight excluding hydrogens is 865 g/mol. The molecule has 0 N–H and O–H groups in total. The van der Waals surface area contributed by atoms with Crippen LogP contribution in [0.2, 0.25) is 0 Å². The Morgan fingerprint density at radius 2 is 1.13 bits per heavy atom. The van der Waals surface area contributed by atoms with Crippen LogP contribution in [0.3, 0.4) is 0 Å². The van der Waals surface area contributed by atoms with Gasteiger partial charge in [-0.25, -0.2) is 13.4 Å². The molecule has 229 valence electrons. The molecule has 13 nitrogen and oxygen atoms in total. The monoisotopic (exact) mass is 881 g/mol. The van der Waals surface area contributed by atoms with Crippen molar-refractivity contribution in [3.63, 3.8) is 0 Å². The second-order valence-electron chi connectivity index (χ2n) is 8.23. The number of nitrogens with zero attached hydrogens (tertiary/aromatic N) is 4. The summed E-state index contributed by atoms with van der Waals surface area (Å²) >= 11 is 1.49. The zero-order valence-electron chi connectivity index (χ0n) is 24.6. The molecule has 47 heavy (non-hydrogen) atoms. The van der Waals surface area contributed by atoms with E-state index in [4.69, 9.17) is 4.98 Å². The Bertz CT molecular complexity index is 1810. The normalized spacial score (nSPS) is 10.3. The second kappa shape index (κ2) is 23.6. The minimum Gasteiger partial charge on any atom is -0.744 e. The summed E-state index contributed by atoms with van der Waals surface area (Å²) in [6, 6.07) is 22.8. The molecule has 0 aliphatic heterocycles. The van der Waals surface area contributed by atoms with Gasteiger partial charge < -0.3 is 15.1 Å². The van der Waals surface area contributed by atoms with Gasteiger partial charge in [0.15, 0.2) is 0 Å². The van der Waals surface area contributed by atoms with Crippen LogP contribution in [0.5, 0.6) is 0 Å². The summed E-state index contributed by atoms with van der Waals surface area (Å²) < 4.78 is 42.6. The first-order valence-corrected chi connectivity index (χ1v) is 14.5. The fourth-order valence-electron chi connectivity index (χ4n) is 3.82. The average Bonchev–Trinajstić information content (AvgIpc) is 3.03. The maximum absolute atomic E-state index is 11.3. The van der Waals surface area contributed by atoms with Gasteiger partial charge in [-0.1, -0.05) is 36.4 Å². The Hall–Kier alpha value is 1.06. The molecule has 0 saturated heterocycles. The maximum atomic E-state index is 11.3. The molecule has 5 rings (SSSR count). The van der Waals surface area contributed by atoms with Crippen LogP contribution in [0, 0.1) is 49.4 Å². The second-order valence-corrected chi connectivity index (χ2v) is 11.2. The van der Waals surface area contributed by atoms with Crippen LogP contribution in [0.15, 0.2) is 106 Å². The minimum absolute atomic E-state index is 0. The van der Waals surface area contributed by atoms with Gasteiger partial charge in [0.1, 0.15) is 27.2 Å². The molecule has 1 radical (unpaired) electrons. The van der Waals surface area contributed by atoms with E-state index < -0.39 is 10.1 Å². The van der Waals surface area contributed by atoms with E-state index in [1.54, 1.807) is 66.9 Å². The van der Waals surface area contributed by atoms with Crippen LogP contribution < -0.4 is 99.2 Å². The molecule has 0 aliphatic carbocycles. The fourth-order valence-corrected chi connectivity index (χ4v) is 5.00. The van der Waals surface area contributed by atoms with Gasteiger partial charge in [-0.15, -0.1) is 22.6 Å². The van der Waals surface area contributed by atoms with Gasteiger partial charge in [-0.3, -0.25) is 15.1 Å². The molecule has 0 amide bonds. The third-order valence-electron chi connectivity index (χ3n) is 5.72. The van der Waals surface area contributed by atoms with Crippen LogP contribution in [-0.4, -0.2) is 33.1 Å². The van der Waals surface area contributed by atoms with Crippen molar-refractivity contribution in [3.05, 3.63) is 91.1 Å². The summed E-state index contributed by atoms with van der Waals surface area (Å²) in [5.74, 6) is 0.212. The number of hydrogen-bond acceptors (Lipinski definition) is 15. The Balaban J connectivity index is 0.00000423. The first-order chi connectivity index (χ1) is 20.4. The van der Waals surface area contributed by atoms with Gasteiger partial charge in [0.05, 0.1) is 29.0 Å². The summed E-state index contributed by atoms with van der Waals surface area (Å²) in [5.41, 5.74) is 3.97. The first-order valence-electron chi connectivity index (χ1n) is 11.6. The molecule has 2 heterocycles. The van der Waals surface area contributed by atoms with Gasteiger partial charge in [-0.05, 0) is 59.7 Å². The summed E-state index contributed by atoms with van der Waals surface area (Å²) in [6.45, 7) is 0. The van der Waals surface area contributed by atoms with Crippen molar-refractivity contribution in [2.45, 2.75) is 14.7 Å². The third-order valence-corrected chi connectivity index (χ3v) is 7.75. The van der Waals surface area contributed by atoms with Crippen molar-refractivity contribution < 1.29 is 180 Å². The van der Waals surface area contributed by atoms with Crippen molar-refractivity contribution >= 4 is 46.6 Å². The molecular formula is C26H16ClEuN4Na3O9S3. The third kappa shape index (κ3) is 13.5. The van der Waals surface area contributed by atoms with Crippen molar-refractivity contribution in [1.29, 1.82) is 0 Å². The summed E-state index contributed by atoms with van der Waals surface area (Å²) in [7, 11) is -4.57. The van der Waals surface area contributed by atoms with E-state index in [-0.39, 0.29) is 161 Å². The van der Waals surface area contributed by atoms with Crippen LogP contribution in [0.4, 0.5) is 0 Å². The SMILES string of the molecule is Cl.O=S(=O)([O-])c1ccc(-c2ccnc(-c3nnc(-c4ccc(SOO[O-])cc4)c(-c4ccc(SOO[O-])cc4)n3)c2)cc1.[Eu].[Na+].[Na+].[Na+]. The Morgan fingerprint density at radius 3 is 1.62 bits per heavy atom. The van der Waals surface area contributed by atoms with Crippen molar-refractivity contribution in [3.8, 4) is 45.2 Å². The molecule has 21 heteroatoms. The van der Waals surface area contributed by atoms with Gasteiger partial charge in [0.2, 0.25) is 5.82 Å². The van der Waals surface area contributed by atoms with Gasteiger partial charge in [0, 0.05) is 76.5 Å². The number of rotatable bonds is 11. The van der Waals surface area contributed by atoms with Crippen molar-refractivity contribution in [1.82, 2.24) is 20.2 Å². The van der Waals surface area contributed by atoms with E-state index in [0.29, 0.717) is 49.1 Å². The maximum Gasteiger partial charge on any atom is 1.00 e. The van der Waals surface area contributed by atoms with Gasteiger partial charge in [-0.2, -0.15) is 8.67 Å². The number of aromatic nitrogens is 4. The Morgan fingerprint density at radius 1 is 0.638 bits per heavy atom. The number of pyridine rings is 1. The van der Waals surface area contributed by atoms with Crippen LogP contribution in [-0.2, 0) is 28.9 Å². The Kier molecular flexibility index (Phi) is 24.1. The van der Waals surface area contributed by atoms with E-state index in [1.165, 1.54) is 24.3 Å². The predicted octanol–water partition coefficient (Wildman–Crippen LogP) is -5.27. The quantitative estimate of drug-likeness (QED) is 0.0402. The molecule has 0 atom stereocenters. The van der Waals surface area contributed by atoms with Gasteiger partial charge in [0.25, 0.3) is 0 Å². The van der Waals surface area contributed by atoms with Crippen molar-refractivity contribution in [2.24, 2.45) is 0 Å². The average molecular weight is 881 g/mol. The zero-order chi connectivity index (χ0) is 29.5. The van der Waals surface area contributed by atoms with Crippen molar-refractivity contribution in [2.75, 3.05) is 0 Å². The smallest absolute Gasteiger partial charge is 0.744 e. The molecule has 2 aromatic heterocycles. The molecule has 0 unspecified atom stereocenters. The van der Waals surface area contributed by atoms with E-state index >= 15 is 0 Å². The van der Waals surface area contributed by atoms with E-state index in [2.05, 4.69) is 33.9 Å². The summed E-state index contributed by atoms with van der Waals surface area (Å²) in [6.07, 6.45) is 1.55. The zero-order valence-corrected chi connectivity index (χ0v) is 36.3. The van der Waals surface area contributed by atoms with Crippen LogP contribution in [0.25, 0.3) is 45.2 Å². The predicted molar refractivity (Wildman–Crippen MR) is 151 cm³/mol. The molecule has 0 aliphatic rings. The van der Waals surface area contributed by atoms with Crippen LogP contribution in [0.1, 0.15) is 0 Å². The molecule has 0 saturated carbocycles. The molecule has 5 aromatic rings. The molecule has 0 fully saturated rings. The molecule has 0 bridgehead atoms. The van der Waals surface area contributed by atoms with E-state index in [9.17, 15) is 23.5 Å². The summed E-state index contributed by atoms with van der Waals surface area (Å²) in [4.78, 5) is 10.0.